The van der Waals surface area contributed by atoms with Crippen LogP contribution in [0.25, 0.3) is 0 Å². The van der Waals surface area contributed by atoms with Crippen LogP contribution < -0.4 is 0 Å². The second-order valence-corrected chi connectivity index (χ2v) is 2.39. The minimum atomic E-state index is -4.64. The minimum absolute atomic E-state index is 0. The van der Waals surface area contributed by atoms with E-state index in [0.717, 1.165) is 0 Å². The molecule has 0 aromatic heterocycles. The van der Waals surface area contributed by atoms with Gasteiger partial charge < -0.3 is 24.3 Å². The quantitative estimate of drug-likeness (QED) is 0.196. The summed E-state index contributed by atoms with van der Waals surface area (Å²) in [4.78, 5) is 35.9. The van der Waals surface area contributed by atoms with Crippen LogP contribution in [0.3, 0.4) is 0 Å². The molecule has 11 heavy (non-hydrogen) atoms. The predicted octanol–water partition coefficient (Wildman–Crippen LogP) is -3.84. The molecule has 0 unspecified atom stereocenters. The molecular formula is H7Li2O7PSi. The van der Waals surface area contributed by atoms with Crippen molar-refractivity contribution in [3.8, 4) is 0 Å². The summed E-state index contributed by atoms with van der Waals surface area (Å²) in [7, 11) is -7.77. The van der Waals surface area contributed by atoms with E-state index in [0.29, 0.717) is 0 Å². The first-order chi connectivity index (χ1) is 3.73. The van der Waals surface area contributed by atoms with E-state index < -0.39 is 17.0 Å². The van der Waals surface area contributed by atoms with Crippen molar-refractivity contribution in [1.29, 1.82) is 0 Å². The third-order valence-corrected chi connectivity index (χ3v) is 0. The van der Waals surface area contributed by atoms with Crippen molar-refractivity contribution < 1.29 is 33.3 Å². The zero-order chi connectivity index (χ0) is 8.08. The molecule has 0 spiro atoms. The summed E-state index contributed by atoms with van der Waals surface area (Å²) in [6, 6.07) is 0. The average Bonchev–Trinajstić information content (AvgIpc) is 1.19. The number of hydrogen-bond donors (Lipinski definition) is 5. The molecule has 11 heteroatoms. The summed E-state index contributed by atoms with van der Waals surface area (Å²) in [5, 5.41) is 0. The molecule has 0 heterocycles. The molecule has 0 bridgehead atoms. The van der Waals surface area contributed by atoms with Crippen molar-refractivity contribution >= 4 is 54.7 Å². The molecule has 5 N–H and O–H groups in total. The maximum atomic E-state index is 8.88. The Hall–Kier alpha value is 0.922. The van der Waals surface area contributed by atoms with Crippen LogP contribution in [0.2, 0.25) is 0 Å². The Morgan fingerprint density at radius 3 is 1.00 bits per heavy atom. The summed E-state index contributed by atoms with van der Waals surface area (Å²) in [6.07, 6.45) is 0. The van der Waals surface area contributed by atoms with Crippen molar-refractivity contribution in [3.63, 3.8) is 0 Å². The van der Waals surface area contributed by atoms with Crippen LogP contribution in [-0.2, 0) is 9.03 Å². The molecular weight excluding hydrogens is 185 g/mol. The zero-order valence-electron chi connectivity index (χ0n) is 4.00. The molecule has 0 aromatic rings. The van der Waals surface area contributed by atoms with Crippen LogP contribution in [0.1, 0.15) is 0 Å². The molecule has 0 fully saturated rings. The summed E-state index contributed by atoms with van der Waals surface area (Å²) in [5.74, 6) is 0. The third kappa shape index (κ3) is 1020. The predicted molar refractivity (Wildman–Crippen MR) is 39.4 cm³/mol. The first kappa shape index (κ1) is 22.7. The topological polar surface area (TPSA) is 135 Å². The molecule has 0 rings (SSSR count). The maximum absolute atomic E-state index is 8.88. The van der Waals surface area contributed by atoms with E-state index in [4.69, 9.17) is 33.3 Å². The SMILES string of the molecule is O=P(O)(O)O.O=[Si](O)O.[LiH].[LiH]. The first-order valence-corrected chi connectivity index (χ1v) is 4.30. The van der Waals surface area contributed by atoms with Gasteiger partial charge in [-0.2, -0.15) is 0 Å². The van der Waals surface area contributed by atoms with E-state index in [9.17, 15) is 0 Å². The summed E-state index contributed by atoms with van der Waals surface area (Å²) in [5.41, 5.74) is 0. The molecule has 0 aliphatic rings. The van der Waals surface area contributed by atoms with Crippen molar-refractivity contribution in [2.45, 2.75) is 0 Å². The van der Waals surface area contributed by atoms with Gasteiger partial charge in [0.1, 0.15) is 0 Å². The van der Waals surface area contributed by atoms with Crippen LogP contribution >= 0.6 is 7.82 Å². The first-order valence-electron chi connectivity index (χ1n) is 1.43. The molecule has 0 aromatic carbocycles. The number of phosphoric acid groups is 1. The molecule has 0 saturated carbocycles. The third-order valence-electron chi connectivity index (χ3n) is 0. The zero-order valence-corrected chi connectivity index (χ0v) is 5.89. The Kier molecular flexibility index (Phi) is 22.5. The van der Waals surface area contributed by atoms with Gasteiger partial charge in [0.25, 0.3) is 0 Å². The second kappa shape index (κ2) is 10.9. The van der Waals surface area contributed by atoms with Crippen molar-refractivity contribution in [1.82, 2.24) is 0 Å². The molecule has 0 radical (unpaired) electrons. The van der Waals surface area contributed by atoms with Gasteiger partial charge in [0.05, 0.1) is 0 Å². The van der Waals surface area contributed by atoms with Crippen molar-refractivity contribution in [2.75, 3.05) is 0 Å². The number of rotatable bonds is 0. The molecule has 7 nitrogen and oxygen atoms in total. The molecule has 0 saturated heterocycles. The van der Waals surface area contributed by atoms with E-state index in [1.54, 1.807) is 0 Å². The van der Waals surface area contributed by atoms with Gasteiger partial charge in [-0.05, 0) is 0 Å². The van der Waals surface area contributed by atoms with Gasteiger partial charge in [-0.3, -0.25) is 4.46 Å². The fourth-order valence-corrected chi connectivity index (χ4v) is 0. The fourth-order valence-electron chi connectivity index (χ4n) is 0. The van der Waals surface area contributed by atoms with Gasteiger partial charge in [0.2, 0.25) is 0 Å². The summed E-state index contributed by atoms with van der Waals surface area (Å²) >= 11 is 0. The van der Waals surface area contributed by atoms with Crippen LogP contribution in [0, 0.1) is 0 Å². The normalized spacial score (nSPS) is 7.55. The van der Waals surface area contributed by atoms with Gasteiger partial charge in [-0.1, -0.05) is 0 Å². The van der Waals surface area contributed by atoms with Crippen LogP contribution in [0.4, 0.5) is 0 Å². The van der Waals surface area contributed by atoms with Crippen molar-refractivity contribution in [2.24, 2.45) is 0 Å². The van der Waals surface area contributed by atoms with E-state index in [2.05, 4.69) is 0 Å². The van der Waals surface area contributed by atoms with Gasteiger partial charge in [-0.25, -0.2) is 4.57 Å². The molecule has 60 valence electrons. The van der Waals surface area contributed by atoms with Crippen molar-refractivity contribution in [3.05, 3.63) is 0 Å². The van der Waals surface area contributed by atoms with E-state index in [1.807, 2.05) is 0 Å². The molecule has 0 amide bonds. The molecule has 0 atom stereocenters. The Labute approximate surface area is 87.9 Å². The molecule has 0 aliphatic heterocycles. The Bertz CT molecular complexity index is 116. The summed E-state index contributed by atoms with van der Waals surface area (Å²) in [6.45, 7) is 0. The Morgan fingerprint density at radius 2 is 1.00 bits per heavy atom. The van der Waals surface area contributed by atoms with E-state index >= 15 is 0 Å². The van der Waals surface area contributed by atoms with Crippen LogP contribution in [0.5, 0.6) is 0 Å². The second-order valence-electron chi connectivity index (χ2n) is 0.796. The van der Waals surface area contributed by atoms with Crippen LogP contribution in [0.15, 0.2) is 0 Å². The molecule has 0 aliphatic carbocycles. The van der Waals surface area contributed by atoms with Gasteiger partial charge in [0, 0.05) is 0 Å². The van der Waals surface area contributed by atoms with E-state index in [1.165, 1.54) is 0 Å². The average molecular weight is 192 g/mol. The van der Waals surface area contributed by atoms with E-state index in [-0.39, 0.29) is 37.7 Å². The van der Waals surface area contributed by atoms with Gasteiger partial charge in [0.15, 0.2) is 0 Å². The summed E-state index contributed by atoms with van der Waals surface area (Å²) < 4.78 is 17.6. The van der Waals surface area contributed by atoms with Gasteiger partial charge in [-0.15, -0.1) is 0 Å². The Balaban J connectivity index is -0.0000000383. The standard InChI is InChI=1S/2Li.H3O4P.H2O3Si.2H/c;;1-5(2,3)4;1-4(2)3;;/h;;(H3,1,2,3,4);1-2H;;. The monoisotopic (exact) mass is 192 g/mol. The number of hydrogen-bond acceptors (Lipinski definition) is 2. The fraction of sp³-hybridized carbons (Fsp3) is 0. The van der Waals surface area contributed by atoms with Crippen LogP contribution in [-0.4, -0.2) is 71.2 Å². The Morgan fingerprint density at radius 1 is 1.00 bits per heavy atom. The van der Waals surface area contributed by atoms with Gasteiger partial charge >= 0.3 is 54.7 Å².